The third kappa shape index (κ3) is 30.6. The Hall–Kier alpha value is -1.92. The van der Waals surface area contributed by atoms with Gasteiger partial charge in [0.05, 0.1) is 18.8 Å². The molecule has 1 rings (SSSR count). The van der Waals surface area contributed by atoms with E-state index in [4.69, 9.17) is 14.2 Å². The maximum Gasteiger partial charge on any atom is 0.306 e. The standard InChI is InChI=1S/C43H76O6/c1-3-5-7-9-11-13-14-15-16-17-18-19-20-22-24-26-31-35-42(45)47-38-39(37-44)48-43(46)36-32-28-27-30-34-41-40(49-41)33-29-25-23-21-12-10-8-6-4-2/h12,21,25,27,29-30,39-41,44H,3-11,13-20,22-24,26,28,31-38H2,1-2H3/b21-12-,29-25-,30-27-/t39-,40?,41?/m0/s1. The fourth-order valence-corrected chi connectivity index (χ4v) is 6.06. The average Bonchev–Trinajstić information content (AvgIpc) is 3.86. The van der Waals surface area contributed by atoms with Gasteiger partial charge in [-0.15, -0.1) is 0 Å². The first-order chi connectivity index (χ1) is 24.1. The molecule has 49 heavy (non-hydrogen) atoms. The van der Waals surface area contributed by atoms with Crippen LogP contribution in [0, 0.1) is 0 Å². The molecule has 0 amide bonds. The summed E-state index contributed by atoms with van der Waals surface area (Å²) in [6.07, 6.45) is 45.2. The summed E-state index contributed by atoms with van der Waals surface area (Å²) in [6.45, 7) is 4.06. The summed E-state index contributed by atoms with van der Waals surface area (Å²) in [4.78, 5) is 24.3. The van der Waals surface area contributed by atoms with Crippen molar-refractivity contribution in [2.75, 3.05) is 13.2 Å². The molecule has 6 nitrogen and oxygen atoms in total. The summed E-state index contributed by atoms with van der Waals surface area (Å²) in [7, 11) is 0. The van der Waals surface area contributed by atoms with E-state index in [-0.39, 0.29) is 31.6 Å². The molecule has 0 radical (unpaired) electrons. The second kappa shape index (κ2) is 34.5. The lowest BCUT2D eigenvalue weighted by Crippen LogP contribution is -2.28. The number of carbonyl (C=O) groups excluding carboxylic acids is 2. The van der Waals surface area contributed by atoms with Gasteiger partial charge in [-0.2, -0.15) is 0 Å². The summed E-state index contributed by atoms with van der Waals surface area (Å²) >= 11 is 0. The van der Waals surface area contributed by atoms with Crippen LogP contribution in [0.1, 0.15) is 194 Å². The first kappa shape index (κ1) is 45.1. The maximum atomic E-state index is 12.2. The van der Waals surface area contributed by atoms with Crippen LogP contribution in [0.25, 0.3) is 0 Å². The van der Waals surface area contributed by atoms with E-state index in [0.717, 1.165) is 44.9 Å². The van der Waals surface area contributed by atoms with Gasteiger partial charge in [0.25, 0.3) is 0 Å². The summed E-state index contributed by atoms with van der Waals surface area (Å²) in [5, 5.41) is 9.57. The van der Waals surface area contributed by atoms with Gasteiger partial charge in [0.15, 0.2) is 6.10 Å². The van der Waals surface area contributed by atoms with E-state index < -0.39 is 6.10 Å². The Labute approximate surface area is 301 Å². The number of allylic oxidation sites excluding steroid dienone is 4. The van der Waals surface area contributed by atoms with Crippen molar-refractivity contribution in [3.63, 3.8) is 0 Å². The van der Waals surface area contributed by atoms with Crippen molar-refractivity contribution in [1.82, 2.24) is 0 Å². The number of hydrogen-bond acceptors (Lipinski definition) is 6. The van der Waals surface area contributed by atoms with Gasteiger partial charge in [0, 0.05) is 12.8 Å². The summed E-state index contributed by atoms with van der Waals surface area (Å²) < 4.78 is 16.3. The zero-order valence-electron chi connectivity index (χ0n) is 31.9. The summed E-state index contributed by atoms with van der Waals surface area (Å²) in [5.41, 5.74) is 0. The Morgan fingerprint density at radius 1 is 0.571 bits per heavy atom. The molecule has 0 saturated carbocycles. The van der Waals surface area contributed by atoms with Gasteiger partial charge in [-0.25, -0.2) is 0 Å². The summed E-state index contributed by atoms with van der Waals surface area (Å²) in [5.74, 6) is -0.659. The van der Waals surface area contributed by atoms with Gasteiger partial charge < -0.3 is 19.3 Å². The lowest BCUT2D eigenvalue weighted by Gasteiger charge is -2.15. The molecule has 1 aliphatic heterocycles. The molecular formula is C43H76O6. The molecule has 1 saturated heterocycles. The van der Waals surface area contributed by atoms with Crippen molar-refractivity contribution >= 4 is 11.9 Å². The van der Waals surface area contributed by atoms with Gasteiger partial charge in [-0.3, -0.25) is 9.59 Å². The average molecular weight is 689 g/mol. The first-order valence-corrected chi connectivity index (χ1v) is 20.7. The SMILES string of the molecule is CCCCC/C=C\C/C=C\CC1OC1C/C=C\CCCC(=O)O[C@@H](CO)COC(=O)CCCCCCCCCCCCCCCCCCC. The van der Waals surface area contributed by atoms with Crippen LogP contribution in [-0.4, -0.2) is 48.6 Å². The predicted octanol–water partition coefficient (Wildman–Crippen LogP) is 11.8. The summed E-state index contributed by atoms with van der Waals surface area (Å²) in [6, 6.07) is 0. The quantitative estimate of drug-likeness (QED) is 0.0305. The molecule has 1 fully saturated rings. The molecule has 1 heterocycles. The molecule has 2 unspecified atom stereocenters. The van der Waals surface area contributed by atoms with Crippen LogP contribution in [-0.2, 0) is 23.8 Å². The number of hydrogen-bond donors (Lipinski definition) is 1. The Morgan fingerprint density at radius 2 is 1.02 bits per heavy atom. The minimum atomic E-state index is -0.803. The van der Waals surface area contributed by atoms with Gasteiger partial charge in [0.1, 0.15) is 6.61 Å². The molecule has 6 heteroatoms. The molecule has 0 aromatic heterocycles. The number of rotatable bonds is 36. The Kier molecular flexibility index (Phi) is 31.8. The minimum absolute atomic E-state index is 0.0899. The third-order valence-electron chi connectivity index (χ3n) is 9.34. The lowest BCUT2D eigenvalue weighted by atomic mass is 10.0. The molecule has 1 N–H and O–H groups in total. The van der Waals surface area contributed by atoms with Gasteiger partial charge in [-0.1, -0.05) is 166 Å². The molecule has 0 bridgehead atoms. The Morgan fingerprint density at radius 3 is 1.59 bits per heavy atom. The fraction of sp³-hybridized carbons (Fsp3) is 0.814. The highest BCUT2D eigenvalue weighted by Crippen LogP contribution is 2.29. The van der Waals surface area contributed by atoms with E-state index in [9.17, 15) is 14.7 Å². The topological polar surface area (TPSA) is 85.4 Å². The molecule has 1 aliphatic rings. The number of aliphatic hydroxyl groups is 1. The van der Waals surface area contributed by atoms with E-state index in [1.807, 2.05) is 0 Å². The number of unbranched alkanes of at least 4 members (excludes halogenated alkanes) is 20. The second-order valence-electron chi connectivity index (χ2n) is 14.1. The van der Waals surface area contributed by atoms with Crippen LogP contribution >= 0.6 is 0 Å². The molecular weight excluding hydrogens is 612 g/mol. The van der Waals surface area contributed by atoms with Crippen LogP contribution in [0.15, 0.2) is 36.5 Å². The number of epoxide rings is 1. The van der Waals surface area contributed by atoms with Crippen LogP contribution in [0.5, 0.6) is 0 Å². The smallest absolute Gasteiger partial charge is 0.306 e. The van der Waals surface area contributed by atoms with E-state index >= 15 is 0 Å². The van der Waals surface area contributed by atoms with Crippen LogP contribution in [0.2, 0.25) is 0 Å². The normalized spacial score (nSPS) is 16.6. The Balaban J connectivity index is 1.91. The fourth-order valence-electron chi connectivity index (χ4n) is 6.06. The number of carbonyl (C=O) groups is 2. The molecule has 0 aliphatic carbocycles. The van der Waals surface area contributed by atoms with Gasteiger partial charge in [-0.05, 0) is 51.4 Å². The van der Waals surface area contributed by atoms with Crippen molar-refractivity contribution in [2.24, 2.45) is 0 Å². The molecule has 0 aromatic carbocycles. The highest BCUT2D eigenvalue weighted by atomic mass is 16.6. The molecule has 3 atom stereocenters. The minimum Gasteiger partial charge on any atom is -0.462 e. The Bertz CT molecular complexity index is 849. The lowest BCUT2D eigenvalue weighted by molar-refractivity contribution is -0.161. The monoisotopic (exact) mass is 689 g/mol. The predicted molar refractivity (Wildman–Crippen MR) is 205 cm³/mol. The van der Waals surface area contributed by atoms with Crippen LogP contribution in [0.3, 0.4) is 0 Å². The molecule has 0 spiro atoms. The number of esters is 2. The van der Waals surface area contributed by atoms with Crippen molar-refractivity contribution in [3.8, 4) is 0 Å². The second-order valence-corrected chi connectivity index (χ2v) is 14.1. The van der Waals surface area contributed by atoms with Crippen molar-refractivity contribution in [1.29, 1.82) is 0 Å². The van der Waals surface area contributed by atoms with Gasteiger partial charge in [0.2, 0.25) is 0 Å². The number of ether oxygens (including phenoxy) is 3. The van der Waals surface area contributed by atoms with Crippen LogP contribution in [0.4, 0.5) is 0 Å². The van der Waals surface area contributed by atoms with Crippen molar-refractivity contribution in [3.05, 3.63) is 36.5 Å². The first-order valence-electron chi connectivity index (χ1n) is 20.7. The van der Waals surface area contributed by atoms with E-state index in [2.05, 4.69) is 50.3 Å². The third-order valence-corrected chi connectivity index (χ3v) is 9.34. The van der Waals surface area contributed by atoms with Crippen LogP contribution < -0.4 is 0 Å². The molecule has 0 aromatic rings. The van der Waals surface area contributed by atoms with Gasteiger partial charge >= 0.3 is 11.9 Å². The number of aliphatic hydroxyl groups excluding tert-OH is 1. The van der Waals surface area contributed by atoms with Crippen molar-refractivity contribution < 1.29 is 28.9 Å². The van der Waals surface area contributed by atoms with E-state index in [1.54, 1.807) is 0 Å². The van der Waals surface area contributed by atoms with E-state index in [1.165, 1.54) is 116 Å². The van der Waals surface area contributed by atoms with E-state index in [0.29, 0.717) is 25.0 Å². The highest BCUT2D eigenvalue weighted by molar-refractivity contribution is 5.70. The zero-order valence-corrected chi connectivity index (χ0v) is 31.9. The zero-order chi connectivity index (χ0) is 35.5. The molecule has 284 valence electrons. The van der Waals surface area contributed by atoms with Crippen molar-refractivity contribution in [2.45, 2.75) is 212 Å². The largest absolute Gasteiger partial charge is 0.462 e. The maximum absolute atomic E-state index is 12.2. The highest BCUT2D eigenvalue weighted by Gasteiger charge is 2.35.